The van der Waals surface area contributed by atoms with E-state index in [9.17, 15) is 22.8 Å². The maximum absolute atomic E-state index is 13.6. The highest BCUT2D eigenvalue weighted by Gasteiger charge is 2.33. The highest BCUT2D eigenvalue weighted by Crippen LogP contribution is 2.36. The number of piperazine rings is 1. The van der Waals surface area contributed by atoms with Crippen LogP contribution in [0.1, 0.15) is 56.8 Å². The van der Waals surface area contributed by atoms with E-state index in [1.807, 2.05) is 0 Å². The van der Waals surface area contributed by atoms with Crippen LogP contribution in [-0.4, -0.2) is 58.3 Å². The van der Waals surface area contributed by atoms with Gasteiger partial charge in [-0.1, -0.05) is 29.6 Å². The molecule has 2 fully saturated rings. The van der Waals surface area contributed by atoms with E-state index in [0.717, 1.165) is 25.2 Å². The number of aryl methyl sites for hydroxylation is 2. The first-order valence-electron chi connectivity index (χ1n) is 12.2. The third kappa shape index (κ3) is 4.64. The Bertz CT molecular complexity index is 1400. The van der Waals surface area contributed by atoms with E-state index in [-0.39, 0.29) is 38.3 Å². The van der Waals surface area contributed by atoms with Gasteiger partial charge in [-0.15, -0.1) is 0 Å². The van der Waals surface area contributed by atoms with Crippen LogP contribution in [0.25, 0.3) is 10.9 Å². The second kappa shape index (κ2) is 9.64. The van der Waals surface area contributed by atoms with Crippen molar-refractivity contribution in [2.75, 3.05) is 26.2 Å². The summed E-state index contributed by atoms with van der Waals surface area (Å²) >= 11 is 13.0. The number of amides is 1. The Balaban J connectivity index is 1.46. The fraction of sp³-hybridized carbons (Fsp3) is 0.407. The molecule has 0 unspecified atom stereocenters. The van der Waals surface area contributed by atoms with Gasteiger partial charge in [-0.25, -0.2) is 0 Å². The zero-order valence-electron chi connectivity index (χ0n) is 20.5. The van der Waals surface area contributed by atoms with Crippen molar-refractivity contribution in [3.63, 3.8) is 0 Å². The summed E-state index contributed by atoms with van der Waals surface area (Å²) < 4.78 is 41.5. The molecule has 0 spiro atoms. The first-order chi connectivity index (χ1) is 17.5. The predicted octanol–water partition coefficient (Wildman–Crippen LogP) is 6.35. The van der Waals surface area contributed by atoms with Gasteiger partial charge in [-0.2, -0.15) is 13.2 Å². The van der Waals surface area contributed by atoms with E-state index in [1.165, 1.54) is 49.1 Å². The quantitative estimate of drug-likeness (QED) is 0.355. The van der Waals surface area contributed by atoms with Gasteiger partial charge in [0, 0.05) is 50.2 Å². The standard InChI is InChI=1S/C27H26Cl2F3N3O2/c1-15-12-16(27(30,31)32)13-21-19(15)14-22(33(21)2)25(36)23-20(28)7-6-18(24(23)29)26(37)35-10-8-34(9-11-35)17-4-3-5-17/h6-7,12-14,17H,3-5,8-11H2,1-2H3. The van der Waals surface area contributed by atoms with E-state index in [1.54, 1.807) is 11.8 Å². The topological polar surface area (TPSA) is 45.6 Å². The second-order valence-corrected chi connectivity index (χ2v) is 10.6. The van der Waals surface area contributed by atoms with Crippen molar-refractivity contribution >= 4 is 45.8 Å². The normalized spacial score (nSPS) is 17.3. The smallest absolute Gasteiger partial charge is 0.341 e. The van der Waals surface area contributed by atoms with Crippen LogP contribution < -0.4 is 0 Å². The molecule has 1 aliphatic carbocycles. The highest BCUT2D eigenvalue weighted by atomic mass is 35.5. The molecule has 2 heterocycles. The zero-order chi connectivity index (χ0) is 26.6. The number of benzene rings is 2. The van der Waals surface area contributed by atoms with E-state index in [2.05, 4.69) is 4.90 Å². The van der Waals surface area contributed by atoms with Gasteiger partial charge in [-0.05, 0) is 55.7 Å². The molecule has 0 N–H and O–H groups in total. The lowest BCUT2D eigenvalue weighted by Gasteiger charge is -2.43. The van der Waals surface area contributed by atoms with Gasteiger partial charge in [0.1, 0.15) is 0 Å². The number of rotatable bonds is 4. The van der Waals surface area contributed by atoms with Crippen molar-refractivity contribution in [2.24, 2.45) is 7.05 Å². The molecule has 196 valence electrons. The van der Waals surface area contributed by atoms with Crippen LogP contribution in [0.3, 0.4) is 0 Å². The molecule has 2 aliphatic rings. The molecule has 5 rings (SSSR count). The number of fused-ring (bicyclic) bond motifs is 1. The number of aromatic nitrogens is 1. The monoisotopic (exact) mass is 551 g/mol. The van der Waals surface area contributed by atoms with Crippen molar-refractivity contribution in [1.82, 2.24) is 14.4 Å². The Morgan fingerprint density at radius 2 is 1.68 bits per heavy atom. The first-order valence-corrected chi connectivity index (χ1v) is 13.0. The molecule has 0 bridgehead atoms. The van der Waals surface area contributed by atoms with Crippen molar-refractivity contribution in [1.29, 1.82) is 0 Å². The van der Waals surface area contributed by atoms with Gasteiger partial charge < -0.3 is 9.47 Å². The summed E-state index contributed by atoms with van der Waals surface area (Å²) in [6, 6.07) is 7.20. The van der Waals surface area contributed by atoms with Crippen LogP contribution >= 0.6 is 23.2 Å². The molecule has 0 atom stereocenters. The number of carbonyl (C=O) groups is 2. The minimum atomic E-state index is -4.52. The summed E-state index contributed by atoms with van der Waals surface area (Å²) in [4.78, 5) is 31.1. The average Bonchev–Trinajstić information content (AvgIpc) is 3.14. The summed E-state index contributed by atoms with van der Waals surface area (Å²) in [5, 5.41) is 0.531. The summed E-state index contributed by atoms with van der Waals surface area (Å²) in [7, 11) is 1.52. The van der Waals surface area contributed by atoms with E-state index in [0.29, 0.717) is 30.1 Å². The van der Waals surface area contributed by atoms with Gasteiger partial charge >= 0.3 is 6.18 Å². The molecule has 10 heteroatoms. The van der Waals surface area contributed by atoms with Crippen molar-refractivity contribution < 1.29 is 22.8 Å². The molecule has 2 aromatic carbocycles. The van der Waals surface area contributed by atoms with Crippen LogP contribution in [0.2, 0.25) is 10.0 Å². The van der Waals surface area contributed by atoms with Crippen LogP contribution in [0.5, 0.6) is 0 Å². The molecule has 1 aromatic heterocycles. The zero-order valence-corrected chi connectivity index (χ0v) is 22.0. The molecule has 1 saturated heterocycles. The Morgan fingerprint density at radius 1 is 1.00 bits per heavy atom. The van der Waals surface area contributed by atoms with Gasteiger partial charge in [0.2, 0.25) is 5.78 Å². The molecule has 3 aromatic rings. The van der Waals surface area contributed by atoms with Crippen LogP contribution in [0.15, 0.2) is 30.3 Å². The molecule has 0 radical (unpaired) electrons. The van der Waals surface area contributed by atoms with Crippen LogP contribution in [0.4, 0.5) is 13.2 Å². The lowest BCUT2D eigenvalue weighted by molar-refractivity contribution is -0.137. The third-order valence-electron chi connectivity index (χ3n) is 7.67. The minimum absolute atomic E-state index is 0.0399. The first kappa shape index (κ1) is 26.1. The molecular weight excluding hydrogens is 526 g/mol. The number of halogens is 5. The van der Waals surface area contributed by atoms with E-state index >= 15 is 0 Å². The molecule has 1 aliphatic heterocycles. The van der Waals surface area contributed by atoms with Gasteiger partial charge in [-0.3, -0.25) is 14.5 Å². The Hall–Kier alpha value is -2.55. The van der Waals surface area contributed by atoms with Crippen LogP contribution in [-0.2, 0) is 13.2 Å². The maximum atomic E-state index is 13.6. The summed E-state index contributed by atoms with van der Waals surface area (Å²) in [6.07, 6.45) is -0.861. The minimum Gasteiger partial charge on any atom is -0.341 e. The number of nitrogens with zero attached hydrogens (tertiary/aromatic N) is 3. The lowest BCUT2D eigenvalue weighted by Crippen LogP contribution is -2.53. The molecule has 37 heavy (non-hydrogen) atoms. The summed E-state index contributed by atoms with van der Waals surface area (Å²) in [6.45, 7) is 4.30. The molecule has 1 amide bonds. The van der Waals surface area contributed by atoms with Gasteiger partial charge in [0.15, 0.2) is 0 Å². The summed E-state index contributed by atoms with van der Waals surface area (Å²) in [5.41, 5.74) is 0.127. The van der Waals surface area contributed by atoms with Gasteiger partial charge in [0.25, 0.3) is 5.91 Å². The molecular formula is C27H26Cl2F3N3O2. The number of ketones is 1. The predicted molar refractivity (Wildman–Crippen MR) is 138 cm³/mol. The molecule has 5 nitrogen and oxygen atoms in total. The largest absolute Gasteiger partial charge is 0.416 e. The number of hydrogen-bond acceptors (Lipinski definition) is 3. The second-order valence-electron chi connectivity index (χ2n) is 9.84. The highest BCUT2D eigenvalue weighted by molar-refractivity contribution is 6.42. The Kier molecular flexibility index (Phi) is 6.79. The third-order valence-corrected chi connectivity index (χ3v) is 8.38. The van der Waals surface area contributed by atoms with Crippen molar-refractivity contribution in [2.45, 2.75) is 38.4 Å². The SMILES string of the molecule is Cc1cc(C(F)(F)F)cc2c1cc(C(=O)c1c(Cl)ccc(C(=O)N3CCN(C4CCC4)CC3)c1Cl)n2C. The van der Waals surface area contributed by atoms with E-state index < -0.39 is 17.5 Å². The van der Waals surface area contributed by atoms with E-state index in [4.69, 9.17) is 23.2 Å². The van der Waals surface area contributed by atoms with Gasteiger partial charge in [0.05, 0.1) is 32.4 Å². The van der Waals surface area contributed by atoms with Crippen molar-refractivity contribution in [3.05, 3.63) is 68.3 Å². The fourth-order valence-corrected chi connectivity index (χ4v) is 5.88. The Labute approximate surface area is 222 Å². The number of carbonyl (C=O) groups excluding carboxylic acids is 2. The number of hydrogen-bond donors (Lipinski definition) is 0. The fourth-order valence-electron chi connectivity index (χ4n) is 5.26. The average molecular weight is 552 g/mol. The molecule has 1 saturated carbocycles. The number of alkyl halides is 3. The van der Waals surface area contributed by atoms with Crippen LogP contribution in [0, 0.1) is 6.92 Å². The summed E-state index contributed by atoms with van der Waals surface area (Å²) in [5.74, 6) is -0.835. The Morgan fingerprint density at radius 3 is 2.27 bits per heavy atom. The maximum Gasteiger partial charge on any atom is 0.416 e. The van der Waals surface area contributed by atoms with Crippen molar-refractivity contribution in [3.8, 4) is 0 Å². The lowest BCUT2D eigenvalue weighted by atomic mass is 9.91.